The van der Waals surface area contributed by atoms with E-state index < -0.39 is 41.9 Å². The monoisotopic (exact) mass is 460 g/mol. The summed E-state index contributed by atoms with van der Waals surface area (Å²) in [6, 6.07) is 0.774. The molecule has 174 valence electrons. The Morgan fingerprint density at radius 2 is 1.78 bits per heavy atom. The highest BCUT2D eigenvalue weighted by molar-refractivity contribution is 5.95. The second-order valence-corrected chi connectivity index (χ2v) is 7.93. The zero-order chi connectivity index (χ0) is 23.6. The zero-order valence-electron chi connectivity index (χ0n) is 17.2. The van der Waals surface area contributed by atoms with Gasteiger partial charge in [0.05, 0.1) is 11.3 Å². The molecule has 3 rings (SSSR count). The quantitative estimate of drug-likeness (QED) is 0.545. The number of alkyl halides is 3. The van der Waals surface area contributed by atoms with Crippen molar-refractivity contribution in [2.24, 2.45) is 11.7 Å². The van der Waals surface area contributed by atoms with Crippen molar-refractivity contribution in [2.75, 3.05) is 13.1 Å². The first kappa shape index (κ1) is 24.0. The molecule has 1 fully saturated rings. The van der Waals surface area contributed by atoms with E-state index in [9.17, 15) is 31.1 Å². The van der Waals surface area contributed by atoms with Crippen molar-refractivity contribution in [1.82, 2.24) is 14.9 Å². The summed E-state index contributed by atoms with van der Waals surface area (Å²) in [5, 5.41) is 0. The van der Waals surface area contributed by atoms with Crippen LogP contribution in [0.1, 0.15) is 40.3 Å². The van der Waals surface area contributed by atoms with E-state index in [2.05, 4.69) is 9.97 Å². The minimum Gasteiger partial charge on any atom is -0.339 e. The third kappa shape index (κ3) is 5.76. The molecule has 2 heterocycles. The highest BCUT2D eigenvalue weighted by atomic mass is 19.4. The number of aromatic nitrogens is 2. The number of nitrogens with two attached hydrogens (primary N) is 1. The van der Waals surface area contributed by atoms with Gasteiger partial charge in [-0.2, -0.15) is 13.2 Å². The maximum Gasteiger partial charge on any atom is 0.396 e. The number of piperidine rings is 1. The molecule has 2 N–H and O–H groups in total. The van der Waals surface area contributed by atoms with Gasteiger partial charge in [0.25, 0.3) is 5.91 Å². The molecule has 32 heavy (non-hydrogen) atoms. The minimum absolute atomic E-state index is 0.0124. The van der Waals surface area contributed by atoms with Crippen LogP contribution >= 0.6 is 0 Å². The molecule has 5 nitrogen and oxygen atoms in total. The molecule has 0 radical (unpaired) electrons. The summed E-state index contributed by atoms with van der Waals surface area (Å²) in [6.07, 6.45) is -3.58. The van der Waals surface area contributed by atoms with Crippen molar-refractivity contribution >= 4 is 5.91 Å². The molecule has 0 aliphatic carbocycles. The Hall–Kier alpha value is -2.69. The van der Waals surface area contributed by atoms with E-state index in [4.69, 9.17) is 5.73 Å². The predicted molar refractivity (Wildman–Crippen MR) is 103 cm³/mol. The molecule has 2 aromatic rings. The van der Waals surface area contributed by atoms with Crippen molar-refractivity contribution in [3.63, 3.8) is 0 Å². The van der Waals surface area contributed by atoms with Gasteiger partial charge < -0.3 is 10.6 Å². The van der Waals surface area contributed by atoms with Gasteiger partial charge in [0.15, 0.2) is 11.6 Å². The Kier molecular flexibility index (Phi) is 7.06. The summed E-state index contributed by atoms with van der Waals surface area (Å²) in [6.45, 7) is 2.12. The van der Waals surface area contributed by atoms with Crippen LogP contribution in [0.4, 0.5) is 26.3 Å². The Morgan fingerprint density at radius 1 is 1.16 bits per heavy atom. The number of rotatable bonds is 5. The summed E-state index contributed by atoms with van der Waals surface area (Å²) >= 11 is 0. The Bertz CT molecular complexity index is 989. The number of carbonyl (C=O) groups excluding carboxylic acids is 1. The lowest BCUT2D eigenvalue weighted by Crippen LogP contribution is -2.44. The second-order valence-electron chi connectivity index (χ2n) is 7.93. The molecule has 1 aliphatic heterocycles. The smallest absolute Gasteiger partial charge is 0.339 e. The van der Waals surface area contributed by atoms with Crippen LogP contribution in [0, 0.1) is 30.3 Å². The van der Waals surface area contributed by atoms with Gasteiger partial charge in [-0.15, -0.1) is 0 Å². The van der Waals surface area contributed by atoms with E-state index in [1.165, 1.54) is 11.8 Å². The third-order valence-corrected chi connectivity index (χ3v) is 5.60. The van der Waals surface area contributed by atoms with Gasteiger partial charge in [-0.25, -0.2) is 23.1 Å². The van der Waals surface area contributed by atoms with Crippen LogP contribution in [-0.2, 0) is 12.8 Å². The molecule has 1 atom stereocenters. The maximum atomic E-state index is 13.9. The first-order chi connectivity index (χ1) is 14.9. The van der Waals surface area contributed by atoms with Gasteiger partial charge in [0, 0.05) is 31.4 Å². The van der Waals surface area contributed by atoms with Gasteiger partial charge in [-0.1, -0.05) is 0 Å². The molecule has 1 aromatic carbocycles. The van der Waals surface area contributed by atoms with Crippen LogP contribution in [0.25, 0.3) is 0 Å². The first-order valence-corrected chi connectivity index (χ1v) is 10.0. The molecule has 1 aromatic heterocycles. The summed E-state index contributed by atoms with van der Waals surface area (Å²) in [7, 11) is 0. The van der Waals surface area contributed by atoms with E-state index in [1.54, 1.807) is 0 Å². The number of nitrogens with zero attached hydrogens (tertiary/aromatic N) is 3. The van der Waals surface area contributed by atoms with Crippen molar-refractivity contribution in [2.45, 2.75) is 44.8 Å². The van der Waals surface area contributed by atoms with E-state index in [-0.39, 0.29) is 35.1 Å². The molecule has 1 aliphatic rings. The fourth-order valence-corrected chi connectivity index (χ4v) is 3.83. The zero-order valence-corrected chi connectivity index (χ0v) is 17.2. The molecule has 1 amide bonds. The highest BCUT2D eigenvalue weighted by Gasteiger charge is 2.31. The van der Waals surface area contributed by atoms with Crippen LogP contribution in [0.5, 0.6) is 0 Å². The fourth-order valence-electron chi connectivity index (χ4n) is 3.83. The third-order valence-electron chi connectivity index (χ3n) is 5.60. The number of amides is 1. The molecular formula is C21H22F6N4O. The predicted octanol–water partition coefficient (Wildman–Crippen LogP) is 3.73. The number of aryl methyl sites for hydroxylation is 1. The lowest BCUT2D eigenvalue weighted by Gasteiger charge is -2.35. The Labute approximate surface area is 180 Å². The summed E-state index contributed by atoms with van der Waals surface area (Å²) in [5.74, 6) is -4.14. The Morgan fingerprint density at radius 3 is 2.38 bits per heavy atom. The number of benzene rings is 1. The highest BCUT2D eigenvalue weighted by Crippen LogP contribution is 2.25. The molecule has 0 unspecified atom stereocenters. The van der Waals surface area contributed by atoms with E-state index >= 15 is 0 Å². The topological polar surface area (TPSA) is 72.1 Å². The van der Waals surface area contributed by atoms with Crippen molar-refractivity contribution < 1.29 is 31.1 Å². The molecule has 1 saturated heterocycles. The molecule has 0 spiro atoms. The first-order valence-electron chi connectivity index (χ1n) is 10.0. The maximum absolute atomic E-state index is 13.9. The number of likely N-dealkylation sites (tertiary alicyclic amines) is 1. The largest absolute Gasteiger partial charge is 0.396 e. The van der Waals surface area contributed by atoms with Gasteiger partial charge >= 0.3 is 6.18 Å². The van der Waals surface area contributed by atoms with Gasteiger partial charge in [-0.3, -0.25) is 4.79 Å². The lowest BCUT2D eigenvalue weighted by molar-refractivity contribution is -0.128. The van der Waals surface area contributed by atoms with Crippen LogP contribution in [0.15, 0.2) is 18.3 Å². The summed E-state index contributed by atoms with van der Waals surface area (Å²) in [4.78, 5) is 21.8. The van der Waals surface area contributed by atoms with Gasteiger partial charge in [0.1, 0.15) is 18.1 Å². The molecule has 11 heteroatoms. The van der Waals surface area contributed by atoms with Crippen LogP contribution < -0.4 is 5.73 Å². The lowest BCUT2D eigenvalue weighted by atomic mass is 9.86. The van der Waals surface area contributed by atoms with E-state index in [0.29, 0.717) is 32.0 Å². The number of halogens is 6. The standard InChI is InChI=1S/C21H22F6N4O/c1-11-14(10-29-19(30-11)9-21(25,26)27)20(32)31-4-2-12(3-5-31)18(28)7-13-6-16(23)17(24)8-15(13)22/h6,8,10,12,18H,2-5,7,9,28H2,1H3/t18-/m1/s1. The average molecular weight is 460 g/mol. The van der Waals surface area contributed by atoms with Gasteiger partial charge in [0.2, 0.25) is 0 Å². The van der Waals surface area contributed by atoms with E-state index in [0.717, 1.165) is 12.3 Å². The van der Waals surface area contributed by atoms with Crippen molar-refractivity contribution in [1.29, 1.82) is 0 Å². The fraction of sp³-hybridized carbons (Fsp3) is 0.476. The molecular weight excluding hydrogens is 438 g/mol. The van der Waals surface area contributed by atoms with Crippen LogP contribution in [0.3, 0.4) is 0 Å². The van der Waals surface area contributed by atoms with Crippen molar-refractivity contribution in [3.05, 3.63) is 58.4 Å². The second kappa shape index (κ2) is 9.43. The average Bonchev–Trinajstić information content (AvgIpc) is 2.70. The Balaban J connectivity index is 1.59. The molecule has 0 saturated carbocycles. The SMILES string of the molecule is Cc1nc(CC(F)(F)F)ncc1C(=O)N1CCC([C@H](N)Cc2cc(F)c(F)cc2F)CC1. The normalized spacial score (nSPS) is 16.3. The number of carbonyl (C=O) groups is 1. The van der Waals surface area contributed by atoms with Crippen molar-refractivity contribution in [3.8, 4) is 0 Å². The van der Waals surface area contributed by atoms with Crippen LogP contribution in [0.2, 0.25) is 0 Å². The van der Waals surface area contributed by atoms with Crippen LogP contribution in [-0.4, -0.2) is 46.1 Å². The van der Waals surface area contributed by atoms with E-state index in [1.807, 2.05) is 0 Å². The van der Waals surface area contributed by atoms with Gasteiger partial charge in [-0.05, 0) is 43.7 Å². The number of hydrogen-bond donors (Lipinski definition) is 1. The molecule has 0 bridgehead atoms. The number of hydrogen-bond acceptors (Lipinski definition) is 4. The summed E-state index contributed by atoms with van der Waals surface area (Å²) < 4.78 is 77.9. The minimum atomic E-state index is -4.44. The summed E-state index contributed by atoms with van der Waals surface area (Å²) in [5.41, 5.74) is 6.44.